The van der Waals surface area contributed by atoms with E-state index in [0.717, 1.165) is 28.5 Å². The lowest BCUT2D eigenvalue weighted by molar-refractivity contribution is 0.589. The average Bonchev–Trinajstić information content (AvgIpc) is 2.46. The molecule has 0 bridgehead atoms. The van der Waals surface area contributed by atoms with Crippen LogP contribution in [0.4, 0.5) is 11.4 Å². The summed E-state index contributed by atoms with van der Waals surface area (Å²) in [4.78, 5) is 2.14. The molecule has 112 valence electrons. The van der Waals surface area contributed by atoms with Crippen molar-refractivity contribution in [2.24, 2.45) is 0 Å². The summed E-state index contributed by atoms with van der Waals surface area (Å²) < 4.78 is 0. The predicted molar refractivity (Wildman–Crippen MR) is 92.7 cm³/mol. The first-order valence-electron chi connectivity index (χ1n) is 7.29. The highest BCUT2D eigenvalue weighted by molar-refractivity contribution is 6.31. The van der Waals surface area contributed by atoms with Gasteiger partial charge in [0, 0.05) is 36.0 Å². The number of nitrogens with zero attached hydrogens (tertiary/aromatic N) is 1. The van der Waals surface area contributed by atoms with Crippen molar-refractivity contribution >= 4 is 23.0 Å². The summed E-state index contributed by atoms with van der Waals surface area (Å²) in [7, 11) is 2.06. The van der Waals surface area contributed by atoms with E-state index in [1.807, 2.05) is 6.07 Å². The topological polar surface area (TPSA) is 15.3 Å². The fraction of sp³-hybridized carbons (Fsp3) is 0.333. The van der Waals surface area contributed by atoms with E-state index in [2.05, 4.69) is 74.4 Å². The molecule has 0 aliphatic heterocycles. The van der Waals surface area contributed by atoms with E-state index in [1.54, 1.807) is 0 Å². The Morgan fingerprint density at radius 3 is 2.24 bits per heavy atom. The Morgan fingerprint density at radius 1 is 1.05 bits per heavy atom. The van der Waals surface area contributed by atoms with Crippen molar-refractivity contribution in [3.63, 3.8) is 0 Å². The summed E-state index contributed by atoms with van der Waals surface area (Å²) in [5, 5.41) is 4.20. The SMILES string of the molecule is Cc1ccc(N(C)c2ccc(CNC(C)C)c(Cl)c2)cc1. The van der Waals surface area contributed by atoms with E-state index in [-0.39, 0.29) is 0 Å². The van der Waals surface area contributed by atoms with Crippen LogP contribution < -0.4 is 10.2 Å². The molecule has 21 heavy (non-hydrogen) atoms. The zero-order valence-corrected chi connectivity index (χ0v) is 13.9. The second-order valence-corrected chi connectivity index (χ2v) is 6.11. The minimum atomic E-state index is 0.455. The number of anilines is 2. The van der Waals surface area contributed by atoms with Gasteiger partial charge in [0.1, 0.15) is 0 Å². The molecule has 0 radical (unpaired) electrons. The standard InChI is InChI=1S/C18H23ClN2/c1-13(2)20-12-15-7-10-17(11-18(15)19)21(4)16-8-5-14(3)6-9-16/h5-11,13,20H,12H2,1-4H3. The van der Waals surface area contributed by atoms with Crippen molar-refractivity contribution in [2.75, 3.05) is 11.9 Å². The zero-order valence-electron chi connectivity index (χ0n) is 13.2. The molecule has 0 aliphatic rings. The lowest BCUT2D eigenvalue weighted by Gasteiger charge is -2.21. The van der Waals surface area contributed by atoms with Gasteiger partial charge in [0.2, 0.25) is 0 Å². The Kier molecular flexibility index (Phi) is 5.27. The van der Waals surface area contributed by atoms with Crippen LogP contribution in [-0.2, 0) is 6.54 Å². The van der Waals surface area contributed by atoms with Gasteiger partial charge in [-0.3, -0.25) is 0 Å². The summed E-state index contributed by atoms with van der Waals surface area (Å²) in [5.74, 6) is 0. The van der Waals surface area contributed by atoms with Crippen LogP contribution in [0.1, 0.15) is 25.0 Å². The molecule has 0 saturated heterocycles. The van der Waals surface area contributed by atoms with Crippen LogP contribution in [0.3, 0.4) is 0 Å². The molecule has 2 rings (SSSR count). The Labute approximate surface area is 132 Å². The quantitative estimate of drug-likeness (QED) is 0.844. The summed E-state index contributed by atoms with van der Waals surface area (Å²) >= 11 is 6.40. The van der Waals surface area contributed by atoms with Crippen LogP contribution in [0.25, 0.3) is 0 Å². The molecule has 0 fully saturated rings. The van der Waals surface area contributed by atoms with E-state index in [1.165, 1.54) is 5.56 Å². The van der Waals surface area contributed by atoms with E-state index in [9.17, 15) is 0 Å². The third-order valence-electron chi connectivity index (χ3n) is 3.55. The molecule has 0 unspecified atom stereocenters. The Hall–Kier alpha value is -1.51. The van der Waals surface area contributed by atoms with E-state index in [0.29, 0.717) is 6.04 Å². The Morgan fingerprint density at radius 2 is 1.67 bits per heavy atom. The van der Waals surface area contributed by atoms with Crippen molar-refractivity contribution in [3.8, 4) is 0 Å². The van der Waals surface area contributed by atoms with Crippen LogP contribution in [0.15, 0.2) is 42.5 Å². The van der Waals surface area contributed by atoms with E-state index < -0.39 is 0 Å². The molecule has 3 heteroatoms. The number of nitrogens with one attached hydrogen (secondary N) is 1. The summed E-state index contributed by atoms with van der Waals surface area (Å²) in [6.45, 7) is 7.16. The maximum absolute atomic E-state index is 6.40. The van der Waals surface area contributed by atoms with Gasteiger partial charge in [-0.15, -0.1) is 0 Å². The molecule has 1 N–H and O–H groups in total. The van der Waals surface area contributed by atoms with Crippen LogP contribution in [0.2, 0.25) is 5.02 Å². The third kappa shape index (κ3) is 4.23. The number of aryl methyl sites for hydroxylation is 1. The highest BCUT2D eigenvalue weighted by atomic mass is 35.5. The number of benzene rings is 2. The summed E-state index contributed by atoms with van der Waals surface area (Å²) in [6.07, 6.45) is 0. The third-order valence-corrected chi connectivity index (χ3v) is 3.90. The molecule has 0 saturated carbocycles. The maximum Gasteiger partial charge on any atom is 0.0471 e. The smallest absolute Gasteiger partial charge is 0.0471 e. The Balaban J connectivity index is 2.17. The van der Waals surface area contributed by atoms with Crippen molar-refractivity contribution in [3.05, 3.63) is 58.6 Å². The van der Waals surface area contributed by atoms with Crippen molar-refractivity contribution in [2.45, 2.75) is 33.4 Å². The van der Waals surface area contributed by atoms with Crippen molar-refractivity contribution in [1.82, 2.24) is 5.32 Å². The molecule has 2 aromatic rings. The van der Waals surface area contributed by atoms with Crippen molar-refractivity contribution < 1.29 is 0 Å². The summed E-state index contributed by atoms with van der Waals surface area (Å²) in [6, 6.07) is 15.2. The zero-order chi connectivity index (χ0) is 15.4. The van der Waals surface area contributed by atoms with Crippen LogP contribution >= 0.6 is 11.6 Å². The average molecular weight is 303 g/mol. The monoisotopic (exact) mass is 302 g/mol. The molecule has 0 atom stereocenters. The van der Waals surface area contributed by atoms with Gasteiger partial charge in [-0.05, 0) is 36.8 Å². The predicted octanol–water partition coefficient (Wildman–Crippen LogP) is 4.91. The number of rotatable bonds is 5. The van der Waals surface area contributed by atoms with Gasteiger partial charge in [-0.2, -0.15) is 0 Å². The van der Waals surface area contributed by atoms with Gasteiger partial charge in [-0.25, -0.2) is 0 Å². The van der Waals surface area contributed by atoms with Gasteiger partial charge in [-0.1, -0.05) is 49.2 Å². The van der Waals surface area contributed by atoms with Gasteiger partial charge in [0.05, 0.1) is 0 Å². The minimum Gasteiger partial charge on any atom is -0.345 e. The highest BCUT2D eigenvalue weighted by Crippen LogP contribution is 2.28. The first-order chi connectivity index (χ1) is 9.97. The molecular formula is C18H23ClN2. The lowest BCUT2D eigenvalue weighted by atomic mass is 10.1. The largest absolute Gasteiger partial charge is 0.345 e. The second kappa shape index (κ2) is 6.97. The molecule has 0 aliphatic carbocycles. The van der Waals surface area contributed by atoms with Gasteiger partial charge in [0.25, 0.3) is 0 Å². The molecule has 0 amide bonds. The second-order valence-electron chi connectivity index (χ2n) is 5.71. The van der Waals surface area contributed by atoms with Gasteiger partial charge in [0.15, 0.2) is 0 Å². The van der Waals surface area contributed by atoms with Crippen LogP contribution in [-0.4, -0.2) is 13.1 Å². The molecular weight excluding hydrogens is 280 g/mol. The molecule has 2 aromatic carbocycles. The van der Waals surface area contributed by atoms with Gasteiger partial charge >= 0.3 is 0 Å². The number of hydrogen-bond acceptors (Lipinski definition) is 2. The molecule has 0 aromatic heterocycles. The van der Waals surface area contributed by atoms with E-state index in [4.69, 9.17) is 11.6 Å². The van der Waals surface area contributed by atoms with Crippen molar-refractivity contribution in [1.29, 1.82) is 0 Å². The molecule has 2 nitrogen and oxygen atoms in total. The van der Waals surface area contributed by atoms with Crippen LogP contribution in [0.5, 0.6) is 0 Å². The fourth-order valence-electron chi connectivity index (χ4n) is 2.12. The first-order valence-corrected chi connectivity index (χ1v) is 7.67. The molecule has 0 heterocycles. The molecule has 0 spiro atoms. The number of hydrogen-bond donors (Lipinski definition) is 1. The first kappa shape index (κ1) is 15.9. The highest BCUT2D eigenvalue weighted by Gasteiger charge is 2.07. The maximum atomic E-state index is 6.40. The summed E-state index contributed by atoms with van der Waals surface area (Å²) in [5.41, 5.74) is 4.65. The van der Waals surface area contributed by atoms with E-state index >= 15 is 0 Å². The number of halogens is 1. The normalized spacial score (nSPS) is 11.0. The fourth-order valence-corrected chi connectivity index (χ4v) is 2.36. The van der Waals surface area contributed by atoms with Crippen LogP contribution in [0, 0.1) is 6.92 Å². The lowest BCUT2D eigenvalue weighted by Crippen LogP contribution is -2.22. The minimum absolute atomic E-state index is 0.455. The Bertz CT molecular complexity index is 591. The van der Waals surface area contributed by atoms with Gasteiger partial charge < -0.3 is 10.2 Å².